The summed E-state index contributed by atoms with van der Waals surface area (Å²) in [5, 5.41) is -0.113. The quantitative estimate of drug-likeness (QED) is 0.738. The van der Waals surface area contributed by atoms with Crippen LogP contribution >= 0.6 is 23.5 Å². The van der Waals surface area contributed by atoms with E-state index in [-0.39, 0.29) is 16.7 Å². The molecule has 1 unspecified atom stereocenters. The maximum absolute atomic E-state index is 12.6. The fourth-order valence-electron chi connectivity index (χ4n) is 2.53. The summed E-state index contributed by atoms with van der Waals surface area (Å²) in [6.07, 6.45) is 0.467. The Hall–Kier alpha value is -1.77. The molecule has 3 rings (SSSR count). The molecule has 1 aliphatic rings. The van der Waals surface area contributed by atoms with Gasteiger partial charge in [0.25, 0.3) is 0 Å². The van der Waals surface area contributed by atoms with Gasteiger partial charge in [-0.25, -0.2) is 8.42 Å². The summed E-state index contributed by atoms with van der Waals surface area (Å²) >= 11 is 2.30. The number of anilines is 1. The highest BCUT2D eigenvalue weighted by molar-refractivity contribution is 8.14. The van der Waals surface area contributed by atoms with Crippen molar-refractivity contribution < 1.29 is 18.0 Å². The first-order chi connectivity index (χ1) is 12.3. The predicted molar refractivity (Wildman–Crippen MR) is 106 cm³/mol. The van der Waals surface area contributed by atoms with Gasteiger partial charge in [0.1, 0.15) is 4.58 Å². The second kappa shape index (κ2) is 7.85. The van der Waals surface area contributed by atoms with Gasteiger partial charge in [0.15, 0.2) is 10.9 Å². The van der Waals surface area contributed by atoms with Gasteiger partial charge in [-0.05, 0) is 35.9 Å². The normalized spacial score (nSPS) is 16.1. The molecule has 0 saturated carbocycles. The molecule has 26 heavy (non-hydrogen) atoms. The summed E-state index contributed by atoms with van der Waals surface area (Å²) in [6, 6.07) is 13.9. The first-order valence-corrected chi connectivity index (χ1v) is 11.3. The lowest BCUT2D eigenvalue weighted by Gasteiger charge is -2.13. The van der Waals surface area contributed by atoms with Crippen molar-refractivity contribution in [2.75, 3.05) is 10.5 Å². The SMILES string of the molecule is CC(=O)SCC(=O)c1ccc(NS(=O)(=O)C2Cc3ccccc3S2)cc1. The van der Waals surface area contributed by atoms with E-state index in [9.17, 15) is 18.0 Å². The van der Waals surface area contributed by atoms with Gasteiger partial charge in [0, 0.05) is 29.5 Å². The van der Waals surface area contributed by atoms with Gasteiger partial charge in [-0.15, -0.1) is 11.8 Å². The number of hydrogen-bond donors (Lipinski definition) is 1. The number of ketones is 1. The molecule has 2 aromatic carbocycles. The summed E-state index contributed by atoms with van der Waals surface area (Å²) in [5.41, 5.74) is 1.90. The molecule has 0 aromatic heterocycles. The molecule has 0 spiro atoms. The molecule has 2 aromatic rings. The number of fused-ring (bicyclic) bond motifs is 1. The van der Waals surface area contributed by atoms with Crippen molar-refractivity contribution in [2.45, 2.75) is 22.8 Å². The zero-order valence-corrected chi connectivity index (χ0v) is 16.4. The monoisotopic (exact) mass is 407 g/mol. The molecule has 0 bridgehead atoms. The topological polar surface area (TPSA) is 80.3 Å². The molecule has 1 aliphatic heterocycles. The fraction of sp³-hybridized carbons (Fsp3) is 0.222. The first-order valence-electron chi connectivity index (χ1n) is 7.88. The van der Waals surface area contributed by atoms with Crippen molar-refractivity contribution in [3.05, 3.63) is 59.7 Å². The maximum atomic E-state index is 12.6. The fourth-order valence-corrected chi connectivity index (χ4v) is 5.99. The number of sulfonamides is 1. The van der Waals surface area contributed by atoms with Gasteiger partial charge in [-0.3, -0.25) is 14.3 Å². The van der Waals surface area contributed by atoms with Crippen LogP contribution < -0.4 is 4.72 Å². The van der Waals surface area contributed by atoms with E-state index in [2.05, 4.69) is 4.72 Å². The second-order valence-corrected chi connectivity index (χ2v) is 10.3. The van der Waals surface area contributed by atoms with Crippen LogP contribution in [0.3, 0.4) is 0 Å². The Morgan fingerprint density at radius 1 is 1.15 bits per heavy atom. The third-order valence-electron chi connectivity index (χ3n) is 3.84. The molecule has 8 heteroatoms. The molecule has 1 N–H and O–H groups in total. The highest BCUT2D eigenvalue weighted by atomic mass is 32.3. The van der Waals surface area contributed by atoms with Crippen LogP contribution in [0.5, 0.6) is 0 Å². The largest absolute Gasteiger partial charge is 0.293 e. The average Bonchev–Trinajstić information content (AvgIpc) is 3.05. The van der Waals surface area contributed by atoms with Crippen molar-refractivity contribution in [2.24, 2.45) is 0 Å². The van der Waals surface area contributed by atoms with E-state index in [1.165, 1.54) is 18.7 Å². The summed E-state index contributed by atoms with van der Waals surface area (Å²) in [7, 11) is -3.56. The smallest absolute Gasteiger partial charge is 0.245 e. The first kappa shape index (κ1) is 19.0. The van der Waals surface area contributed by atoms with E-state index in [0.29, 0.717) is 17.7 Å². The lowest BCUT2D eigenvalue weighted by Crippen LogP contribution is -2.24. The van der Waals surface area contributed by atoms with E-state index in [1.807, 2.05) is 24.3 Å². The van der Waals surface area contributed by atoms with Crippen LogP contribution in [-0.2, 0) is 21.2 Å². The Labute approximate surface area is 161 Å². The molecule has 0 saturated heterocycles. The number of rotatable bonds is 6. The van der Waals surface area contributed by atoms with E-state index >= 15 is 0 Å². The van der Waals surface area contributed by atoms with E-state index in [4.69, 9.17) is 0 Å². The minimum Gasteiger partial charge on any atom is -0.293 e. The van der Waals surface area contributed by atoms with Crippen molar-refractivity contribution >= 4 is 50.1 Å². The maximum Gasteiger partial charge on any atom is 0.245 e. The van der Waals surface area contributed by atoms with Crippen LogP contribution in [0.2, 0.25) is 0 Å². The Balaban J connectivity index is 1.65. The molecular weight excluding hydrogens is 390 g/mol. The van der Waals surface area contributed by atoms with Crippen LogP contribution in [-0.4, -0.2) is 29.7 Å². The van der Waals surface area contributed by atoms with Gasteiger partial charge < -0.3 is 0 Å². The van der Waals surface area contributed by atoms with Gasteiger partial charge in [-0.2, -0.15) is 0 Å². The number of thioether (sulfide) groups is 2. The number of Topliss-reactive ketones (excluding diaryl/α,β-unsaturated/α-hetero) is 1. The predicted octanol–water partition coefficient (Wildman–Crippen LogP) is 3.57. The molecule has 1 atom stereocenters. The lowest BCUT2D eigenvalue weighted by atomic mass is 10.1. The van der Waals surface area contributed by atoms with Crippen LogP contribution in [0.25, 0.3) is 0 Å². The van der Waals surface area contributed by atoms with Crippen LogP contribution in [0, 0.1) is 0 Å². The minimum absolute atomic E-state index is 0.0807. The molecule has 0 radical (unpaired) electrons. The Kier molecular flexibility index (Phi) is 5.74. The van der Waals surface area contributed by atoms with Gasteiger partial charge in [0.2, 0.25) is 10.0 Å². The molecule has 0 amide bonds. The Bertz CT molecular complexity index is 914. The number of carbonyl (C=O) groups excluding carboxylic acids is 2. The van der Waals surface area contributed by atoms with Crippen molar-refractivity contribution in [1.82, 2.24) is 0 Å². The van der Waals surface area contributed by atoms with Gasteiger partial charge in [0.05, 0.1) is 5.75 Å². The Morgan fingerprint density at radius 3 is 2.50 bits per heavy atom. The third kappa shape index (κ3) is 4.49. The van der Waals surface area contributed by atoms with E-state index in [1.54, 1.807) is 24.3 Å². The number of nitrogens with one attached hydrogen (secondary N) is 1. The zero-order chi connectivity index (χ0) is 18.7. The van der Waals surface area contributed by atoms with Gasteiger partial charge >= 0.3 is 0 Å². The van der Waals surface area contributed by atoms with Crippen LogP contribution in [0.1, 0.15) is 22.8 Å². The minimum atomic E-state index is -3.56. The highest BCUT2D eigenvalue weighted by Crippen LogP contribution is 2.39. The number of carbonyl (C=O) groups is 2. The van der Waals surface area contributed by atoms with Crippen LogP contribution in [0.15, 0.2) is 53.4 Å². The number of benzene rings is 2. The summed E-state index contributed by atoms with van der Waals surface area (Å²) < 4.78 is 27.3. The third-order valence-corrected chi connectivity index (χ3v) is 8.16. The van der Waals surface area contributed by atoms with Crippen molar-refractivity contribution in [3.8, 4) is 0 Å². The van der Waals surface area contributed by atoms with Crippen molar-refractivity contribution in [1.29, 1.82) is 0 Å². The Morgan fingerprint density at radius 2 is 1.85 bits per heavy atom. The van der Waals surface area contributed by atoms with E-state index in [0.717, 1.165) is 22.2 Å². The average molecular weight is 408 g/mol. The standard InChI is InChI=1S/C18H17NO4S3/c1-12(20)24-11-16(21)13-6-8-15(9-7-13)19-26(22,23)18-10-14-4-2-3-5-17(14)25-18/h2-9,18-19H,10-11H2,1H3. The number of hydrogen-bond acceptors (Lipinski definition) is 6. The van der Waals surface area contributed by atoms with Gasteiger partial charge in [-0.1, -0.05) is 30.0 Å². The van der Waals surface area contributed by atoms with Crippen molar-refractivity contribution in [3.63, 3.8) is 0 Å². The highest BCUT2D eigenvalue weighted by Gasteiger charge is 2.33. The molecule has 0 fully saturated rings. The second-order valence-electron chi connectivity index (χ2n) is 5.79. The summed E-state index contributed by atoms with van der Waals surface area (Å²) in [5.74, 6) is -0.0846. The van der Waals surface area contributed by atoms with Crippen LogP contribution in [0.4, 0.5) is 5.69 Å². The summed E-state index contributed by atoms with van der Waals surface area (Å²) in [6.45, 7) is 1.41. The molecule has 0 aliphatic carbocycles. The zero-order valence-electron chi connectivity index (χ0n) is 14.0. The lowest BCUT2D eigenvalue weighted by molar-refractivity contribution is -0.109. The summed E-state index contributed by atoms with van der Waals surface area (Å²) in [4.78, 5) is 23.9. The molecule has 136 valence electrons. The van der Waals surface area contributed by atoms with E-state index < -0.39 is 14.6 Å². The molecule has 1 heterocycles. The molecular formula is C18H17NO4S3. The molecule has 5 nitrogen and oxygen atoms in total.